The van der Waals surface area contributed by atoms with E-state index in [4.69, 9.17) is 8.94 Å². The van der Waals surface area contributed by atoms with Gasteiger partial charge in [0.25, 0.3) is 5.91 Å². The third-order valence-corrected chi connectivity index (χ3v) is 4.51. The fraction of sp³-hybridized carbons (Fsp3) is 0.350. The van der Waals surface area contributed by atoms with Gasteiger partial charge in [-0.05, 0) is 24.5 Å². The largest absolute Gasteiger partial charge is 0.441 e. The lowest BCUT2D eigenvalue weighted by Gasteiger charge is -2.23. The van der Waals surface area contributed by atoms with Crippen LogP contribution in [0.5, 0.6) is 0 Å². The summed E-state index contributed by atoms with van der Waals surface area (Å²) in [6, 6.07) is 4.78. The standard InChI is InChI=1S/C20H19F2N3O3/c1-11(2)5-15-9-18(28-24-15)20(26)25-4-3-17-16(10-25)23-19(27-17)12-6-13(21)8-14(22)7-12/h6-9,11H,3-5,10H2,1-2H3. The van der Waals surface area contributed by atoms with E-state index in [1.807, 2.05) is 0 Å². The summed E-state index contributed by atoms with van der Waals surface area (Å²) in [6.45, 7) is 4.79. The van der Waals surface area contributed by atoms with E-state index in [0.29, 0.717) is 30.3 Å². The summed E-state index contributed by atoms with van der Waals surface area (Å²) in [5, 5.41) is 3.95. The average Bonchev–Trinajstić information content (AvgIpc) is 3.25. The number of aromatic nitrogens is 2. The summed E-state index contributed by atoms with van der Waals surface area (Å²) in [7, 11) is 0. The number of hydrogen-bond acceptors (Lipinski definition) is 5. The molecule has 0 fully saturated rings. The van der Waals surface area contributed by atoms with Gasteiger partial charge in [-0.15, -0.1) is 0 Å². The minimum absolute atomic E-state index is 0.136. The van der Waals surface area contributed by atoms with Gasteiger partial charge in [0, 0.05) is 30.7 Å². The van der Waals surface area contributed by atoms with Crippen molar-refractivity contribution in [3.8, 4) is 11.5 Å². The first kappa shape index (κ1) is 18.3. The maximum Gasteiger partial charge on any atom is 0.292 e. The SMILES string of the molecule is CC(C)Cc1cc(C(=O)N2CCc3oc(-c4cc(F)cc(F)c4)nc3C2)on1. The van der Waals surface area contributed by atoms with E-state index in [1.165, 1.54) is 0 Å². The van der Waals surface area contributed by atoms with Gasteiger partial charge in [0.05, 0.1) is 12.2 Å². The topological polar surface area (TPSA) is 72.4 Å². The molecule has 0 atom stereocenters. The number of nitrogens with zero attached hydrogens (tertiary/aromatic N) is 3. The molecule has 1 aliphatic rings. The molecule has 0 N–H and O–H groups in total. The van der Waals surface area contributed by atoms with Crippen LogP contribution in [0.4, 0.5) is 8.78 Å². The van der Waals surface area contributed by atoms with Crippen LogP contribution in [0.25, 0.3) is 11.5 Å². The van der Waals surface area contributed by atoms with Crippen molar-refractivity contribution in [2.45, 2.75) is 33.2 Å². The number of benzene rings is 1. The van der Waals surface area contributed by atoms with Crippen molar-refractivity contribution < 1.29 is 22.5 Å². The first-order chi connectivity index (χ1) is 13.4. The zero-order chi connectivity index (χ0) is 19.8. The number of rotatable bonds is 4. The third-order valence-electron chi connectivity index (χ3n) is 4.51. The van der Waals surface area contributed by atoms with Gasteiger partial charge in [-0.1, -0.05) is 19.0 Å². The lowest BCUT2D eigenvalue weighted by molar-refractivity contribution is 0.0685. The summed E-state index contributed by atoms with van der Waals surface area (Å²) < 4.78 is 37.8. The Morgan fingerprint density at radius 2 is 1.96 bits per heavy atom. The second kappa shape index (κ2) is 7.18. The van der Waals surface area contributed by atoms with Gasteiger partial charge < -0.3 is 13.8 Å². The van der Waals surface area contributed by atoms with E-state index in [1.54, 1.807) is 11.0 Å². The summed E-state index contributed by atoms with van der Waals surface area (Å²) in [6.07, 6.45) is 1.19. The Morgan fingerprint density at radius 1 is 1.21 bits per heavy atom. The highest BCUT2D eigenvalue weighted by Gasteiger charge is 2.28. The highest BCUT2D eigenvalue weighted by Crippen LogP contribution is 2.28. The maximum absolute atomic E-state index is 13.5. The Labute approximate surface area is 160 Å². The average molecular weight is 387 g/mol. The molecule has 28 heavy (non-hydrogen) atoms. The number of fused-ring (bicyclic) bond motifs is 1. The molecule has 2 aromatic heterocycles. The van der Waals surface area contributed by atoms with Crippen LogP contribution >= 0.6 is 0 Å². The quantitative estimate of drug-likeness (QED) is 0.677. The van der Waals surface area contributed by atoms with Crippen LogP contribution < -0.4 is 0 Å². The number of hydrogen-bond donors (Lipinski definition) is 0. The smallest absolute Gasteiger partial charge is 0.292 e. The minimum atomic E-state index is -0.703. The predicted molar refractivity (Wildman–Crippen MR) is 95.3 cm³/mol. The molecule has 4 rings (SSSR count). The van der Waals surface area contributed by atoms with E-state index in [9.17, 15) is 13.6 Å². The molecule has 8 heteroatoms. The van der Waals surface area contributed by atoms with Crippen molar-refractivity contribution in [1.29, 1.82) is 0 Å². The number of oxazole rings is 1. The first-order valence-corrected chi connectivity index (χ1v) is 9.09. The molecule has 0 saturated carbocycles. The molecular formula is C20H19F2N3O3. The molecule has 0 saturated heterocycles. The number of halogens is 2. The first-order valence-electron chi connectivity index (χ1n) is 9.09. The Hall–Kier alpha value is -3.03. The van der Waals surface area contributed by atoms with E-state index in [-0.39, 0.29) is 29.7 Å². The summed E-state index contributed by atoms with van der Waals surface area (Å²) >= 11 is 0. The summed E-state index contributed by atoms with van der Waals surface area (Å²) in [4.78, 5) is 18.6. The molecule has 146 valence electrons. The van der Waals surface area contributed by atoms with Gasteiger partial charge in [-0.2, -0.15) is 0 Å². The van der Waals surface area contributed by atoms with Crippen LogP contribution in [0.15, 0.2) is 33.2 Å². The maximum atomic E-state index is 13.5. The molecule has 6 nitrogen and oxygen atoms in total. The fourth-order valence-electron chi connectivity index (χ4n) is 3.26. The highest BCUT2D eigenvalue weighted by molar-refractivity contribution is 5.91. The fourth-order valence-corrected chi connectivity index (χ4v) is 3.26. The zero-order valence-corrected chi connectivity index (χ0v) is 15.5. The molecule has 0 spiro atoms. The number of carbonyl (C=O) groups excluding carboxylic acids is 1. The van der Waals surface area contributed by atoms with Gasteiger partial charge in [-0.3, -0.25) is 4.79 Å². The lowest BCUT2D eigenvalue weighted by atomic mass is 10.1. The molecule has 0 aliphatic carbocycles. The Bertz CT molecular complexity index is 1010. The molecular weight excluding hydrogens is 368 g/mol. The van der Waals surface area contributed by atoms with E-state index in [0.717, 1.165) is 30.3 Å². The van der Waals surface area contributed by atoms with Gasteiger partial charge in [0.15, 0.2) is 0 Å². The van der Waals surface area contributed by atoms with Crippen molar-refractivity contribution in [2.75, 3.05) is 6.54 Å². The Morgan fingerprint density at radius 3 is 2.68 bits per heavy atom. The molecule has 0 radical (unpaired) electrons. The van der Waals surface area contributed by atoms with Gasteiger partial charge in [-0.25, -0.2) is 13.8 Å². The molecule has 3 heterocycles. The van der Waals surface area contributed by atoms with E-state index < -0.39 is 11.6 Å². The van der Waals surface area contributed by atoms with Crippen molar-refractivity contribution in [1.82, 2.24) is 15.0 Å². The lowest BCUT2D eigenvalue weighted by Crippen LogP contribution is -2.35. The van der Waals surface area contributed by atoms with Crippen LogP contribution in [0.1, 0.15) is 41.6 Å². The molecule has 0 unspecified atom stereocenters. The van der Waals surface area contributed by atoms with Crippen molar-refractivity contribution in [3.63, 3.8) is 0 Å². The zero-order valence-electron chi connectivity index (χ0n) is 15.5. The van der Waals surface area contributed by atoms with Crippen LogP contribution in [0.2, 0.25) is 0 Å². The van der Waals surface area contributed by atoms with Crippen molar-refractivity contribution >= 4 is 5.91 Å². The third kappa shape index (κ3) is 3.67. The van der Waals surface area contributed by atoms with Crippen LogP contribution in [0.3, 0.4) is 0 Å². The molecule has 1 amide bonds. The highest BCUT2D eigenvalue weighted by atomic mass is 19.1. The number of amides is 1. The van der Waals surface area contributed by atoms with Crippen molar-refractivity contribution in [3.05, 3.63) is 58.8 Å². The van der Waals surface area contributed by atoms with Gasteiger partial charge >= 0.3 is 0 Å². The normalized spacial score (nSPS) is 13.8. The summed E-state index contributed by atoms with van der Waals surface area (Å²) in [5.41, 5.74) is 1.53. The van der Waals surface area contributed by atoms with E-state index in [2.05, 4.69) is 24.0 Å². The van der Waals surface area contributed by atoms with Crippen LogP contribution in [-0.4, -0.2) is 27.5 Å². The second-order valence-corrected chi connectivity index (χ2v) is 7.30. The van der Waals surface area contributed by atoms with Crippen LogP contribution in [0, 0.1) is 17.6 Å². The molecule has 1 aliphatic heterocycles. The molecule has 1 aromatic carbocycles. The Balaban J connectivity index is 1.52. The van der Waals surface area contributed by atoms with E-state index >= 15 is 0 Å². The number of carbonyl (C=O) groups is 1. The summed E-state index contributed by atoms with van der Waals surface area (Å²) in [5.74, 6) is -0.328. The van der Waals surface area contributed by atoms with Crippen molar-refractivity contribution in [2.24, 2.45) is 5.92 Å². The monoisotopic (exact) mass is 387 g/mol. The second-order valence-electron chi connectivity index (χ2n) is 7.30. The predicted octanol–water partition coefficient (Wildman–Crippen LogP) is 4.00. The van der Waals surface area contributed by atoms with Gasteiger partial charge in [0.1, 0.15) is 23.1 Å². The molecule has 0 bridgehead atoms. The van der Waals surface area contributed by atoms with Gasteiger partial charge in [0.2, 0.25) is 11.7 Å². The van der Waals surface area contributed by atoms with Crippen LogP contribution in [-0.2, 0) is 19.4 Å². The molecule has 3 aromatic rings. The minimum Gasteiger partial charge on any atom is -0.441 e. The Kier molecular flexibility index (Phi) is 4.70.